The molecule has 0 unspecified atom stereocenters. The molecule has 8 heteroatoms. The highest BCUT2D eigenvalue weighted by atomic mass is 35.5. The first-order valence-electron chi connectivity index (χ1n) is 8.59. The molecule has 1 aromatic carbocycles. The number of hydrogen-bond donors (Lipinski definition) is 0. The van der Waals surface area contributed by atoms with Crippen LogP contribution in [0.2, 0.25) is 5.02 Å². The van der Waals surface area contributed by atoms with Crippen molar-refractivity contribution in [3.05, 3.63) is 71.4 Å². The first-order chi connectivity index (χ1) is 13.2. The summed E-state index contributed by atoms with van der Waals surface area (Å²) in [6.07, 6.45) is 4.03. The fourth-order valence-corrected chi connectivity index (χ4v) is 3.84. The number of rotatable bonds is 7. The average molecular weight is 400 g/mol. The predicted octanol–water partition coefficient (Wildman–Crippen LogP) is 4.47. The summed E-state index contributed by atoms with van der Waals surface area (Å²) < 4.78 is 9.87. The number of halogens is 1. The Morgan fingerprint density at radius 2 is 1.96 bits per heavy atom. The van der Waals surface area contributed by atoms with E-state index in [0.29, 0.717) is 17.4 Å². The Morgan fingerprint density at radius 3 is 2.78 bits per heavy atom. The maximum absolute atomic E-state index is 6.14. The minimum atomic E-state index is 0.319. The Hall–Kier alpha value is -2.51. The molecule has 3 aromatic heterocycles. The van der Waals surface area contributed by atoms with Gasteiger partial charge in [0.25, 0.3) is 0 Å². The van der Waals surface area contributed by atoms with Gasteiger partial charge in [-0.1, -0.05) is 41.6 Å². The maximum atomic E-state index is 6.14. The van der Waals surface area contributed by atoms with Crippen molar-refractivity contribution in [3.63, 3.8) is 0 Å². The highest BCUT2D eigenvalue weighted by molar-refractivity contribution is 7.98. The van der Waals surface area contributed by atoms with Crippen LogP contribution in [0.1, 0.15) is 18.4 Å². The lowest BCUT2D eigenvalue weighted by Crippen LogP contribution is -2.07. The van der Waals surface area contributed by atoms with E-state index < -0.39 is 0 Å². The van der Waals surface area contributed by atoms with Crippen LogP contribution in [0.15, 0.2) is 60.0 Å². The summed E-state index contributed by atoms with van der Waals surface area (Å²) in [6, 6.07) is 13.4. The molecular formula is C19H18ClN5OS. The third-order valence-electron chi connectivity index (χ3n) is 4.07. The molecule has 0 atom stereocenters. The van der Waals surface area contributed by atoms with Gasteiger partial charge in [0.05, 0.1) is 10.7 Å². The van der Waals surface area contributed by atoms with Gasteiger partial charge in [-0.05, 0) is 31.2 Å². The van der Waals surface area contributed by atoms with E-state index in [1.54, 1.807) is 17.8 Å². The summed E-state index contributed by atoms with van der Waals surface area (Å²) in [4.78, 5) is 4.62. The van der Waals surface area contributed by atoms with Gasteiger partial charge in [0.2, 0.25) is 0 Å². The zero-order valence-corrected chi connectivity index (χ0v) is 16.3. The van der Waals surface area contributed by atoms with Crippen LogP contribution in [0.25, 0.3) is 5.65 Å². The third-order valence-corrected chi connectivity index (χ3v) is 5.38. The topological polar surface area (TPSA) is 57.2 Å². The van der Waals surface area contributed by atoms with E-state index in [4.69, 9.17) is 16.3 Å². The highest BCUT2D eigenvalue weighted by Crippen LogP contribution is 2.25. The lowest BCUT2D eigenvalue weighted by atomic mass is 10.3. The molecule has 0 aliphatic heterocycles. The lowest BCUT2D eigenvalue weighted by molar-refractivity contribution is 0.288. The standard InChI is InChI=1S/C19H18ClN5OS/c1-2-25-18(12-26-16-8-4-3-7-15(16)20)22-23-19(25)27-13-14-11-24-10-6-5-9-17(24)21-14/h3-11H,2,12-13H2,1H3. The summed E-state index contributed by atoms with van der Waals surface area (Å²) in [6.45, 7) is 3.15. The molecule has 0 radical (unpaired) electrons. The second-order valence-electron chi connectivity index (χ2n) is 5.85. The molecule has 0 amide bonds. The monoisotopic (exact) mass is 399 g/mol. The van der Waals surface area contributed by atoms with Gasteiger partial charge in [0.1, 0.15) is 18.0 Å². The Kier molecular flexibility index (Phi) is 5.31. The van der Waals surface area contributed by atoms with Gasteiger partial charge >= 0.3 is 0 Å². The van der Waals surface area contributed by atoms with E-state index in [1.807, 2.05) is 53.2 Å². The zero-order chi connectivity index (χ0) is 18.6. The first-order valence-corrected chi connectivity index (χ1v) is 9.95. The van der Waals surface area contributed by atoms with Gasteiger partial charge in [-0.3, -0.25) is 0 Å². The highest BCUT2D eigenvalue weighted by Gasteiger charge is 2.13. The zero-order valence-electron chi connectivity index (χ0n) is 14.7. The van der Waals surface area contributed by atoms with Gasteiger partial charge in [0.15, 0.2) is 11.0 Å². The Morgan fingerprint density at radius 1 is 1.11 bits per heavy atom. The number of nitrogens with zero attached hydrogens (tertiary/aromatic N) is 5. The van der Waals surface area contributed by atoms with E-state index in [1.165, 1.54) is 0 Å². The van der Waals surface area contributed by atoms with Crippen molar-refractivity contribution in [2.24, 2.45) is 0 Å². The fourth-order valence-electron chi connectivity index (χ4n) is 2.75. The number of benzene rings is 1. The second-order valence-corrected chi connectivity index (χ2v) is 7.20. The molecule has 0 saturated carbocycles. The van der Waals surface area contributed by atoms with Crippen LogP contribution in [0, 0.1) is 0 Å². The molecule has 6 nitrogen and oxygen atoms in total. The summed E-state index contributed by atoms with van der Waals surface area (Å²) in [5, 5.41) is 10.0. The number of aromatic nitrogens is 5. The molecule has 0 aliphatic rings. The van der Waals surface area contributed by atoms with E-state index in [2.05, 4.69) is 26.7 Å². The normalized spacial score (nSPS) is 11.2. The molecule has 4 rings (SSSR count). The summed E-state index contributed by atoms with van der Waals surface area (Å²) in [7, 11) is 0. The molecule has 0 N–H and O–H groups in total. The lowest BCUT2D eigenvalue weighted by Gasteiger charge is -2.09. The van der Waals surface area contributed by atoms with Crippen molar-refractivity contribution in [1.29, 1.82) is 0 Å². The number of para-hydroxylation sites is 1. The van der Waals surface area contributed by atoms with Crippen LogP contribution in [-0.4, -0.2) is 24.1 Å². The molecule has 27 heavy (non-hydrogen) atoms. The molecule has 0 saturated heterocycles. The first kappa shape index (κ1) is 17.9. The molecule has 138 valence electrons. The van der Waals surface area contributed by atoms with E-state index in [9.17, 15) is 0 Å². The number of ether oxygens (including phenoxy) is 1. The largest absolute Gasteiger partial charge is 0.484 e. The SMILES string of the molecule is CCn1c(COc2ccccc2Cl)nnc1SCc1cn2ccccc2n1. The number of pyridine rings is 1. The quantitative estimate of drug-likeness (QED) is 0.429. The molecule has 0 bridgehead atoms. The van der Waals surface area contributed by atoms with Crippen LogP contribution < -0.4 is 4.74 Å². The maximum Gasteiger partial charge on any atom is 0.191 e. The van der Waals surface area contributed by atoms with Crippen LogP contribution in [0.4, 0.5) is 0 Å². The van der Waals surface area contributed by atoms with Crippen molar-refractivity contribution >= 4 is 29.0 Å². The van der Waals surface area contributed by atoms with Crippen molar-refractivity contribution in [1.82, 2.24) is 24.1 Å². The van der Waals surface area contributed by atoms with Crippen molar-refractivity contribution < 1.29 is 4.74 Å². The average Bonchev–Trinajstić information content (AvgIpc) is 3.28. The van der Waals surface area contributed by atoms with Gasteiger partial charge in [-0.15, -0.1) is 10.2 Å². The number of fused-ring (bicyclic) bond motifs is 1. The minimum Gasteiger partial charge on any atom is -0.484 e. The van der Waals surface area contributed by atoms with Crippen molar-refractivity contribution in [2.75, 3.05) is 0 Å². The van der Waals surface area contributed by atoms with Gasteiger partial charge < -0.3 is 13.7 Å². The van der Waals surface area contributed by atoms with Crippen molar-refractivity contribution in [3.8, 4) is 5.75 Å². The van der Waals surface area contributed by atoms with Crippen molar-refractivity contribution in [2.45, 2.75) is 31.0 Å². The second kappa shape index (κ2) is 8.02. The van der Waals surface area contributed by atoms with E-state index in [-0.39, 0.29) is 0 Å². The van der Waals surface area contributed by atoms with Gasteiger partial charge in [-0.2, -0.15) is 0 Å². The molecule has 3 heterocycles. The number of hydrogen-bond acceptors (Lipinski definition) is 5. The van der Waals surface area contributed by atoms with E-state index >= 15 is 0 Å². The van der Waals surface area contributed by atoms with Crippen LogP contribution in [0.5, 0.6) is 5.75 Å². The van der Waals surface area contributed by atoms with Gasteiger partial charge in [-0.25, -0.2) is 4.98 Å². The summed E-state index contributed by atoms with van der Waals surface area (Å²) in [5.41, 5.74) is 1.95. The fraction of sp³-hybridized carbons (Fsp3) is 0.211. The summed E-state index contributed by atoms with van der Waals surface area (Å²) >= 11 is 7.76. The Labute approximate surface area is 166 Å². The Balaban J connectivity index is 1.45. The van der Waals surface area contributed by atoms with E-state index in [0.717, 1.165) is 34.6 Å². The molecule has 0 spiro atoms. The molecule has 0 aliphatic carbocycles. The number of thioether (sulfide) groups is 1. The molecular weight excluding hydrogens is 382 g/mol. The number of imidazole rings is 1. The van der Waals surface area contributed by atoms with Crippen LogP contribution >= 0.6 is 23.4 Å². The molecule has 4 aromatic rings. The third kappa shape index (κ3) is 3.94. The van der Waals surface area contributed by atoms with Crippen LogP contribution in [0.3, 0.4) is 0 Å². The van der Waals surface area contributed by atoms with Crippen LogP contribution in [-0.2, 0) is 18.9 Å². The minimum absolute atomic E-state index is 0.319. The summed E-state index contributed by atoms with van der Waals surface area (Å²) in [5.74, 6) is 2.14. The Bertz CT molecular complexity index is 1030. The predicted molar refractivity (Wildman–Crippen MR) is 106 cm³/mol. The smallest absolute Gasteiger partial charge is 0.191 e. The molecule has 0 fully saturated rings. The van der Waals surface area contributed by atoms with Gasteiger partial charge in [0, 0.05) is 24.7 Å².